The number of Topliss-reactive ketones (excluding diaryl/α,β-unsaturated/α-hetero) is 3. The third kappa shape index (κ3) is 3.22. The second-order valence-corrected chi connectivity index (χ2v) is 15.1. The summed E-state index contributed by atoms with van der Waals surface area (Å²) in [6, 6.07) is 40.8. The molecule has 1 unspecified atom stereocenters. The maximum Gasteiger partial charge on any atom is 0.182 e. The van der Waals surface area contributed by atoms with Crippen LogP contribution in [0.2, 0.25) is 0 Å². The van der Waals surface area contributed by atoms with Crippen LogP contribution in [0, 0.1) is 0 Å². The zero-order valence-corrected chi connectivity index (χ0v) is 27.8. The zero-order valence-electron chi connectivity index (χ0n) is 27.8. The van der Waals surface area contributed by atoms with E-state index in [1.807, 2.05) is 100 Å². The van der Waals surface area contributed by atoms with Crippen LogP contribution in [0.15, 0.2) is 121 Å². The summed E-state index contributed by atoms with van der Waals surface area (Å²) in [5.41, 5.74) is 11.9. The SMILES string of the molecule is CC1(C)C(=O)c2ccccc2-c2cc3c(cc21)-c1ccccc1C1(C3=O)c2ccccc2-c2cc3c(cc21)-c1ccccc1C(=O)C3(C)C. The van der Waals surface area contributed by atoms with Gasteiger partial charge in [-0.05, 0) is 124 Å². The Labute approximate surface area is 285 Å². The molecule has 3 nitrogen and oxygen atoms in total. The number of carbonyl (C=O) groups excluding carboxylic acids is 3. The van der Waals surface area contributed by atoms with Crippen LogP contribution in [0.3, 0.4) is 0 Å². The van der Waals surface area contributed by atoms with Crippen molar-refractivity contribution in [3.63, 3.8) is 0 Å². The molecule has 49 heavy (non-hydrogen) atoms. The number of fused-ring (bicyclic) bond motifs is 15. The first-order valence-electron chi connectivity index (χ1n) is 17.0. The summed E-state index contributed by atoms with van der Waals surface area (Å²) in [4.78, 5) is 43.6. The molecule has 234 valence electrons. The van der Waals surface area contributed by atoms with Crippen molar-refractivity contribution in [1.29, 1.82) is 0 Å². The molecule has 0 heterocycles. The van der Waals surface area contributed by atoms with Crippen LogP contribution >= 0.6 is 0 Å². The average Bonchev–Trinajstić information content (AvgIpc) is 3.41. The first-order chi connectivity index (χ1) is 23.6. The second kappa shape index (κ2) is 9.06. The predicted molar refractivity (Wildman–Crippen MR) is 194 cm³/mol. The quantitative estimate of drug-likeness (QED) is 0.167. The molecule has 0 fully saturated rings. The van der Waals surface area contributed by atoms with E-state index in [1.54, 1.807) is 0 Å². The van der Waals surface area contributed by atoms with Crippen LogP contribution in [0.4, 0.5) is 0 Å². The van der Waals surface area contributed by atoms with Gasteiger partial charge < -0.3 is 0 Å². The van der Waals surface area contributed by atoms with E-state index in [0.717, 1.165) is 72.3 Å². The van der Waals surface area contributed by atoms with Crippen molar-refractivity contribution < 1.29 is 14.4 Å². The van der Waals surface area contributed by atoms with Crippen molar-refractivity contribution in [2.24, 2.45) is 0 Å². The van der Waals surface area contributed by atoms with Gasteiger partial charge in [0.1, 0.15) is 5.41 Å². The highest BCUT2D eigenvalue weighted by Gasteiger charge is 2.56. The number of ketones is 3. The van der Waals surface area contributed by atoms with E-state index < -0.39 is 16.2 Å². The Morgan fingerprint density at radius 3 is 1.20 bits per heavy atom. The van der Waals surface area contributed by atoms with Crippen molar-refractivity contribution in [3.8, 4) is 44.5 Å². The van der Waals surface area contributed by atoms with Gasteiger partial charge in [-0.3, -0.25) is 14.4 Å². The van der Waals surface area contributed by atoms with E-state index in [4.69, 9.17) is 0 Å². The standard InChI is InChI=1S/C46H32O3/c1-44(2)38-22-31-27-15-9-11-19-36(27)46(43(49)35(31)21-32(38)25-13-5-7-17-29(25)41(44)47)37-20-12-10-16-28(37)34-23-39-33(24-40(34)46)26-14-6-8-18-30(26)42(48)45(39,3)4/h5-24H,1-4H3. The van der Waals surface area contributed by atoms with E-state index in [0.29, 0.717) is 16.7 Å². The maximum atomic E-state index is 15.8. The van der Waals surface area contributed by atoms with Crippen molar-refractivity contribution in [1.82, 2.24) is 0 Å². The minimum Gasteiger partial charge on any atom is -0.293 e. The molecule has 0 saturated heterocycles. The number of benzene rings is 6. The molecule has 0 N–H and O–H groups in total. The summed E-state index contributed by atoms with van der Waals surface area (Å²) in [7, 11) is 0. The smallest absolute Gasteiger partial charge is 0.182 e. The topological polar surface area (TPSA) is 51.2 Å². The molecule has 0 saturated carbocycles. The third-order valence-corrected chi connectivity index (χ3v) is 12.0. The lowest BCUT2D eigenvalue weighted by Gasteiger charge is -2.40. The molecule has 0 radical (unpaired) electrons. The van der Waals surface area contributed by atoms with Gasteiger partial charge in [0.15, 0.2) is 17.3 Å². The zero-order chi connectivity index (χ0) is 33.6. The van der Waals surface area contributed by atoms with Gasteiger partial charge in [0, 0.05) is 16.7 Å². The molecule has 0 bridgehead atoms. The van der Waals surface area contributed by atoms with E-state index in [2.05, 4.69) is 48.5 Å². The number of rotatable bonds is 0. The fourth-order valence-electron chi connectivity index (χ4n) is 9.47. The lowest BCUT2D eigenvalue weighted by molar-refractivity contribution is 0.0899. The minimum absolute atomic E-state index is 0.0294. The van der Waals surface area contributed by atoms with Crippen molar-refractivity contribution in [2.45, 2.75) is 43.9 Å². The van der Waals surface area contributed by atoms with Crippen LogP contribution in [-0.4, -0.2) is 17.3 Å². The van der Waals surface area contributed by atoms with Crippen molar-refractivity contribution in [3.05, 3.63) is 166 Å². The highest BCUT2D eigenvalue weighted by molar-refractivity contribution is 6.22. The van der Waals surface area contributed by atoms with Crippen LogP contribution in [0.1, 0.15) is 86.6 Å². The largest absolute Gasteiger partial charge is 0.293 e. The Hall–Kier alpha value is -5.67. The summed E-state index contributed by atoms with van der Waals surface area (Å²) in [5.74, 6) is 0.227. The Morgan fingerprint density at radius 2 is 0.673 bits per heavy atom. The molecular weight excluding hydrogens is 601 g/mol. The number of hydrogen-bond acceptors (Lipinski definition) is 3. The van der Waals surface area contributed by atoms with Gasteiger partial charge >= 0.3 is 0 Å². The molecule has 4 aliphatic carbocycles. The molecule has 0 aromatic heterocycles. The summed E-state index contributed by atoms with van der Waals surface area (Å²) in [6.45, 7) is 8.01. The molecule has 0 amide bonds. The Morgan fingerprint density at radius 1 is 0.306 bits per heavy atom. The monoisotopic (exact) mass is 632 g/mol. The maximum absolute atomic E-state index is 15.8. The summed E-state index contributed by atoms with van der Waals surface area (Å²) in [5, 5.41) is 0. The van der Waals surface area contributed by atoms with Gasteiger partial charge in [-0.15, -0.1) is 0 Å². The first kappa shape index (κ1) is 28.4. The van der Waals surface area contributed by atoms with Crippen LogP contribution < -0.4 is 0 Å². The molecule has 4 aliphatic rings. The van der Waals surface area contributed by atoms with Crippen molar-refractivity contribution in [2.75, 3.05) is 0 Å². The van der Waals surface area contributed by atoms with Gasteiger partial charge in [0.2, 0.25) is 0 Å². The van der Waals surface area contributed by atoms with Crippen molar-refractivity contribution >= 4 is 17.3 Å². The van der Waals surface area contributed by atoms with Gasteiger partial charge in [-0.2, -0.15) is 0 Å². The van der Waals surface area contributed by atoms with Gasteiger partial charge in [-0.25, -0.2) is 0 Å². The lowest BCUT2D eigenvalue weighted by atomic mass is 9.59. The predicted octanol–water partition coefficient (Wildman–Crippen LogP) is 10.1. The van der Waals surface area contributed by atoms with E-state index in [-0.39, 0.29) is 17.3 Å². The molecule has 3 heteroatoms. The first-order valence-corrected chi connectivity index (χ1v) is 17.0. The van der Waals surface area contributed by atoms with Crippen LogP contribution in [-0.2, 0) is 16.2 Å². The highest BCUT2D eigenvalue weighted by atomic mass is 16.1. The summed E-state index contributed by atoms with van der Waals surface area (Å²) >= 11 is 0. The fourth-order valence-corrected chi connectivity index (χ4v) is 9.47. The molecule has 6 aromatic carbocycles. The Balaban J connectivity index is 1.33. The minimum atomic E-state index is -1.10. The van der Waals surface area contributed by atoms with E-state index in [1.165, 1.54) is 0 Å². The second-order valence-electron chi connectivity index (χ2n) is 15.1. The van der Waals surface area contributed by atoms with E-state index in [9.17, 15) is 9.59 Å². The molecule has 1 spiro atoms. The van der Waals surface area contributed by atoms with E-state index >= 15 is 4.79 Å². The molecular formula is C46H32O3. The molecule has 10 rings (SSSR count). The fraction of sp³-hybridized carbons (Fsp3) is 0.152. The lowest BCUT2D eigenvalue weighted by Crippen LogP contribution is -2.41. The average molecular weight is 633 g/mol. The van der Waals surface area contributed by atoms with Gasteiger partial charge in [0.05, 0.1) is 10.8 Å². The third-order valence-electron chi connectivity index (χ3n) is 12.0. The number of hydrogen-bond donors (Lipinski definition) is 0. The van der Waals surface area contributed by atoms with Gasteiger partial charge in [0.25, 0.3) is 0 Å². The summed E-state index contributed by atoms with van der Waals surface area (Å²) < 4.78 is 0. The van der Waals surface area contributed by atoms with Gasteiger partial charge in [-0.1, -0.05) is 97.1 Å². The number of carbonyl (C=O) groups is 3. The van der Waals surface area contributed by atoms with Crippen LogP contribution in [0.25, 0.3) is 44.5 Å². The van der Waals surface area contributed by atoms with Crippen LogP contribution in [0.5, 0.6) is 0 Å². The Kier molecular flexibility index (Phi) is 5.24. The highest BCUT2D eigenvalue weighted by Crippen LogP contribution is 2.61. The normalized spacial score (nSPS) is 19.6. The Bertz CT molecular complexity index is 2560. The summed E-state index contributed by atoms with van der Waals surface area (Å²) in [6.07, 6.45) is 0. The molecule has 1 atom stereocenters. The molecule has 6 aromatic rings. The molecule has 0 aliphatic heterocycles.